The number of rotatable bonds is 1. The maximum Gasteiger partial charge on any atom is 1.00 e. The van der Waals surface area contributed by atoms with Crippen molar-refractivity contribution in [1.29, 1.82) is 0 Å². The van der Waals surface area contributed by atoms with E-state index in [2.05, 4.69) is 4.98 Å². The van der Waals surface area contributed by atoms with Gasteiger partial charge in [-0.25, -0.2) is 4.98 Å². The molecule has 0 atom stereocenters. The number of carbonyl (C=O) groups excluding carboxylic acids is 1. The second kappa shape index (κ2) is 3.57. The summed E-state index contributed by atoms with van der Waals surface area (Å²) in [7, 11) is 0. The predicted molar refractivity (Wildman–Crippen MR) is 39.6 cm³/mol. The molecule has 1 aromatic rings. The molecule has 0 spiro atoms. The molecule has 1 aliphatic heterocycles. The Labute approximate surface area is 88.1 Å². The minimum atomic E-state index is -1.17. The van der Waals surface area contributed by atoms with Crippen LogP contribution in [0.5, 0.6) is 0 Å². The number of hydrogen-bond acceptors (Lipinski definition) is 3. The van der Waals surface area contributed by atoms with E-state index in [1.807, 2.05) is 6.92 Å². The third-order valence-corrected chi connectivity index (χ3v) is 2.25. The third-order valence-electron chi connectivity index (χ3n) is 2.25. The van der Waals surface area contributed by atoms with E-state index >= 15 is 0 Å². The molecule has 0 unspecified atom stereocenters. The summed E-state index contributed by atoms with van der Waals surface area (Å²) in [4.78, 5) is 14.5. The average Bonchev–Trinajstić information content (AvgIpc) is 2.53. The van der Waals surface area contributed by atoms with E-state index < -0.39 is 5.97 Å². The first-order chi connectivity index (χ1) is 5.70. The van der Waals surface area contributed by atoms with E-state index in [0.29, 0.717) is 0 Å². The van der Waals surface area contributed by atoms with Gasteiger partial charge in [-0.1, -0.05) is 0 Å². The van der Waals surface area contributed by atoms with Crippen molar-refractivity contribution in [3.63, 3.8) is 0 Å². The van der Waals surface area contributed by atoms with Gasteiger partial charge in [-0.05, 0) is 19.8 Å². The molecule has 4 nitrogen and oxygen atoms in total. The van der Waals surface area contributed by atoms with Crippen LogP contribution in [0.1, 0.15) is 28.4 Å². The Bertz CT molecular complexity index is 346. The topological polar surface area (TPSA) is 57.9 Å². The molecule has 1 aromatic heterocycles. The van der Waals surface area contributed by atoms with Crippen molar-refractivity contribution < 1.29 is 28.8 Å². The van der Waals surface area contributed by atoms with Crippen LogP contribution in [-0.4, -0.2) is 15.5 Å². The summed E-state index contributed by atoms with van der Waals surface area (Å²) in [6, 6.07) is 0. The van der Waals surface area contributed by atoms with Crippen molar-refractivity contribution >= 4 is 5.97 Å². The van der Waals surface area contributed by atoms with Crippen molar-refractivity contribution in [2.75, 3.05) is 0 Å². The van der Waals surface area contributed by atoms with Crippen LogP contribution in [0, 0.1) is 6.92 Å². The SMILES string of the molecule is Cc1nc(C(=O)[O-])n2c1CCC2.[Li+]. The third kappa shape index (κ3) is 1.52. The van der Waals surface area contributed by atoms with Gasteiger partial charge in [0.1, 0.15) is 5.97 Å². The summed E-state index contributed by atoms with van der Waals surface area (Å²) in [5.74, 6) is -1.09. The minimum absolute atomic E-state index is 0. The van der Waals surface area contributed by atoms with Crippen molar-refractivity contribution in [3.05, 3.63) is 17.2 Å². The summed E-state index contributed by atoms with van der Waals surface area (Å²) in [6.07, 6.45) is 1.95. The molecule has 0 saturated heterocycles. The number of aryl methyl sites for hydroxylation is 1. The van der Waals surface area contributed by atoms with Crippen molar-refractivity contribution in [1.82, 2.24) is 9.55 Å². The largest absolute Gasteiger partial charge is 1.00 e. The Morgan fingerprint density at radius 1 is 1.62 bits per heavy atom. The second-order valence-corrected chi connectivity index (χ2v) is 3.01. The first-order valence-electron chi connectivity index (χ1n) is 3.97. The molecular weight excluding hydrogens is 163 g/mol. The quantitative estimate of drug-likeness (QED) is 0.413. The van der Waals surface area contributed by atoms with Gasteiger partial charge in [0, 0.05) is 12.2 Å². The van der Waals surface area contributed by atoms with E-state index in [-0.39, 0.29) is 24.7 Å². The van der Waals surface area contributed by atoms with Gasteiger partial charge in [0.05, 0.1) is 5.69 Å². The maximum absolute atomic E-state index is 10.6. The zero-order valence-electron chi connectivity index (χ0n) is 7.83. The molecule has 64 valence electrons. The number of aromatic carboxylic acids is 1. The van der Waals surface area contributed by atoms with Gasteiger partial charge in [0.15, 0.2) is 5.82 Å². The molecule has 0 saturated carbocycles. The van der Waals surface area contributed by atoms with Gasteiger partial charge < -0.3 is 14.5 Å². The van der Waals surface area contributed by atoms with Crippen molar-refractivity contribution in [3.8, 4) is 0 Å². The first kappa shape index (κ1) is 10.4. The number of hydrogen-bond donors (Lipinski definition) is 0. The second-order valence-electron chi connectivity index (χ2n) is 3.01. The monoisotopic (exact) mass is 172 g/mol. The molecule has 2 heterocycles. The van der Waals surface area contributed by atoms with Crippen LogP contribution < -0.4 is 24.0 Å². The van der Waals surface area contributed by atoms with Crippen LogP contribution in [-0.2, 0) is 13.0 Å². The Hall–Kier alpha value is -0.723. The standard InChI is InChI=1S/C8H10N2O2.Li/c1-5-6-3-2-4-10(6)7(9-5)8(11)12;/h2-4H2,1H3,(H,11,12);/q;+1/p-1. The van der Waals surface area contributed by atoms with Gasteiger partial charge in [0.2, 0.25) is 0 Å². The summed E-state index contributed by atoms with van der Waals surface area (Å²) < 4.78 is 1.74. The average molecular weight is 172 g/mol. The van der Waals surface area contributed by atoms with Crippen LogP contribution in [0.4, 0.5) is 0 Å². The Morgan fingerprint density at radius 2 is 2.31 bits per heavy atom. The Kier molecular flexibility index (Phi) is 2.84. The van der Waals surface area contributed by atoms with E-state index in [1.165, 1.54) is 0 Å². The van der Waals surface area contributed by atoms with E-state index in [0.717, 1.165) is 30.8 Å². The molecule has 13 heavy (non-hydrogen) atoms. The molecule has 0 fully saturated rings. The maximum atomic E-state index is 10.6. The van der Waals surface area contributed by atoms with Gasteiger partial charge in [-0.3, -0.25) is 0 Å². The number of carboxylic acid groups (broad SMARTS) is 1. The minimum Gasteiger partial charge on any atom is -0.542 e. The van der Waals surface area contributed by atoms with Crippen LogP contribution in [0.25, 0.3) is 0 Å². The summed E-state index contributed by atoms with van der Waals surface area (Å²) >= 11 is 0. The molecule has 0 radical (unpaired) electrons. The number of imidazole rings is 1. The first-order valence-corrected chi connectivity index (χ1v) is 3.97. The van der Waals surface area contributed by atoms with Crippen molar-refractivity contribution in [2.45, 2.75) is 26.3 Å². The molecule has 0 amide bonds. The zero-order chi connectivity index (χ0) is 8.72. The van der Waals surface area contributed by atoms with Gasteiger partial charge in [-0.2, -0.15) is 0 Å². The molecule has 1 aliphatic rings. The van der Waals surface area contributed by atoms with Gasteiger partial charge in [0.25, 0.3) is 0 Å². The van der Waals surface area contributed by atoms with Crippen LogP contribution in [0.3, 0.4) is 0 Å². The Balaban J connectivity index is 0.000000845. The summed E-state index contributed by atoms with van der Waals surface area (Å²) in [5.41, 5.74) is 1.88. The fourth-order valence-corrected chi connectivity index (χ4v) is 1.72. The van der Waals surface area contributed by atoms with E-state index in [9.17, 15) is 9.90 Å². The smallest absolute Gasteiger partial charge is 0.542 e. The summed E-state index contributed by atoms with van der Waals surface area (Å²) in [6.45, 7) is 2.60. The molecule has 0 N–H and O–H groups in total. The fraction of sp³-hybridized carbons (Fsp3) is 0.500. The Morgan fingerprint density at radius 3 is 2.92 bits per heavy atom. The molecule has 2 rings (SSSR count). The van der Waals surface area contributed by atoms with Crippen molar-refractivity contribution in [2.24, 2.45) is 0 Å². The van der Waals surface area contributed by atoms with Gasteiger partial charge in [-0.15, -0.1) is 0 Å². The fourth-order valence-electron chi connectivity index (χ4n) is 1.72. The predicted octanol–water partition coefficient (Wildman–Crippen LogP) is -3.49. The number of aromatic nitrogens is 2. The van der Waals surface area contributed by atoms with Crippen LogP contribution in [0.15, 0.2) is 0 Å². The van der Waals surface area contributed by atoms with E-state index in [4.69, 9.17) is 0 Å². The molecule has 0 bridgehead atoms. The van der Waals surface area contributed by atoms with Crippen LogP contribution >= 0.6 is 0 Å². The number of carboxylic acids is 1. The molecule has 0 aliphatic carbocycles. The summed E-state index contributed by atoms with van der Waals surface area (Å²) in [5, 5.41) is 10.6. The van der Waals surface area contributed by atoms with E-state index in [1.54, 1.807) is 4.57 Å². The number of carbonyl (C=O) groups is 1. The number of fused-ring (bicyclic) bond motifs is 1. The van der Waals surface area contributed by atoms with Crippen LogP contribution in [0.2, 0.25) is 0 Å². The number of nitrogens with zero attached hydrogens (tertiary/aromatic N) is 2. The zero-order valence-corrected chi connectivity index (χ0v) is 7.83. The molecular formula is C8H9LiN2O2. The van der Waals surface area contributed by atoms with Gasteiger partial charge >= 0.3 is 18.9 Å². The molecule has 0 aromatic carbocycles. The molecule has 5 heteroatoms. The normalized spacial score (nSPS) is 13.6.